The molecule has 1 fully saturated rings. The summed E-state index contributed by atoms with van der Waals surface area (Å²) in [6.07, 6.45) is -1.03. The van der Waals surface area contributed by atoms with Gasteiger partial charge in [-0.25, -0.2) is 0 Å². The summed E-state index contributed by atoms with van der Waals surface area (Å²) in [7, 11) is 5.14. The third-order valence-corrected chi connectivity index (χ3v) is 5.83. The Balaban J connectivity index is 2.71. The Labute approximate surface area is 150 Å². The number of rotatable bonds is 10. The van der Waals surface area contributed by atoms with Gasteiger partial charge in [0.2, 0.25) is 0 Å². The summed E-state index contributed by atoms with van der Waals surface area (Å²) in [6, 6.07) is 2.04. The van der Waals surface area contributed by atoms with Gasteiger partial charge in [0, 0.05) is 19.5 Å². The van der Waals surface area contributed by atoms with Crippen LogP contribution in [0.5, 0.6) is 0 Å². The molecule has 1 aliphatic heterocycles. The molecule has 2 unspecified atom stereocenters. The fraction of sp³-hybridized carbons (Fsp3) is 0.938. The summed E-state index contributed by atoms with van der Waals surface area (Å²) in [5.41, 5.74) is 0. The third kappa shape index (κ3) is 6.26. The Morgan fingerprint density at radius 2 is 2.00 bits per heavy atom. The molecule has 0 aromatic rings. The predicted molar refractivity (Wildman–Crippen MR) is 95.8 cm³/mol. The minimum absolute atomic E-state index is 0.0215. The normalized spacial score (nSPS) is 29.2. The van der Waals surface area contributed by atoms with E-state index in [1.54, 1.807) is 0 Å². The van der Waals surface area contributed by atoms with Gasteiger partial charge in [-0.3, -0.25) is 4.67 Å². The summed E-state index contributed by atoms with van der Waals surface area (Å²) in [5, 5.41) is 8.51. The fourth-order valence-corrected chi connectivity index (χ4v) is 4.87. The largest absolute Gasteiger partial charge is 0.379 e. The smallest absolute Gasteiger partial charge is 0.147 e. The molecule has 2 radical (unpaired) electrons. The van der Waals surface area contributed by atoms with Crippen LogP contribution in [0.2, 0.25) is 0 Å². The van der Waals surface area contributed by atoms with Crippen LogP contribution in [-0.4, -0.2) is 69.0 Å². The molecule has 0 spiro atoms. The molecular weight excluding hydrogens is 326 g/mol. The second kappa shape index (κ2) is 10.7. The lowest BCUT2D eigenvalue weighted by atomic mass is 9.93. The van der Waals surface area contributed by atoms with Gasteiger partial charge in [0.25, 0.3) is 0 Å². The maximum atomic E-state index is 8.51. The van der Waals surface area contributed by atoms with E-state index in [9.17, 15) is 0 Å². The van der Waals surface area contributed by atoms with Crippen LogP contribution in [0.15, 0.2) is 0 Å². The van der Waals surface area contributed by atoms with Crippen LogP contribution in [0.3, 0.4) is 0 Å². The first-order valence-electron chi connectivity index (χ1n) is 8.99. The number of hydrogen-bond acceptors (Lipinski definition) is 6. The SMILES string of the molecule is [2H]C[C@H]1O[C@@H]([B])C(OCOCCC#N)[C@H]1OP(C)N(C(C)C)C(C)C. The lowest BCUT2D eigenvalue weighted by Crippen LogP contribution is -2.39. The van der Waals surface area contributed by atoms with Crippen molar-refractivity contribution in [3.63, 3.8) is 0 Å². The Morgan fingerprint density at radius 1 is 1.33 bits per heavy atom. The molecule has 6 nitrogen and oxygen atoms in total. The van der Waals surface area contributed by atoms with Gasteiger partial charge in [-0.2, -0.15) is 5.26 Å². The monoisotopic (exact) mass is 357 g/mol. The van der Waals surface area contributed by atoms with Gasteiger partial charge in [-0.15, -0.1) is 0 Å². The molecule has 136 valence electrons. The molecular formula is C16H30BN2O4P. The second-order valence-corrected chi connectivity index (χ2v) is 7.91. The van der Waals surface area contributed by atoms with Gasteiger partial charge in [0.1, 0.15) is 35.1 Å². The van der Waals surface area contributed by atoms with Crippen molar-refractivity contribution in [2.75, 3.05) is 20.1 Å². The Hall–Kier alpha value is -0.215. The zero-order valence-corrected chi connectivity index (χ0v) is 16.2. The molecule has 0 N–H and O–H groups in total. The molecule has 0 aromatic carbocycles. The van der Waals surface area contributed by atoms with E-state index in [1.165, 1.54) is 0 Å². The van der Waals surface area contributed by atoms with Crippen LogP contribution in [-0.2, 0) is 18.7 Å². The van der Waals surface area contributed by atoms with E-state index in [4.69, 9.17) is 33.2 Å². The molecule has 1 heterocycles. The van der Waals surface area contributed by atoms with Crippen LogP contribution < -0.4 is 0 Å². The molecule has 1 rings (SSSR count). The van der Waals surface area contributed by atoms with E-state index >= 15 is 0 Å². The topological polar surface area (TPSA) is 64.0 Å². The molecule has 1 aliphatic rings. The Morgan fingerprint density at radius 3 is 2.54 bits per heavy atom. The summed E-state index contributed by atoms with van der Waals surface area (Å²) in [6.45, 7) is 11.0. The first kappa shape index (κ1) is 20.1. The maximum Gasteiger partial charge on any atom is 0.147 e. The van der Waals surface area contributed by atoms with Crippen LogP contribution >= 0.6 is 8.30 Å². The van der Waals surface area contributed by atoms with Crippen LogP contribution in [0, 0.1) is 11.3 Å². The van der Waals surface area contributed by atoms with Crippen LogP contribution in [0.25, 0.3) is 0 Å². The molecule has 1 saturated heterocycles. The predicted octanol–water partition coefficient (Wildman–Crippen LogP) is 2.62. The Kier molecular flexibility index (Phi) is 8.96. The standard InChI is InChI=1S/C16H30BN2O4P/c1-11(2)19(12(3)4)24(6)23-14-13(5)22-16(17)15(14)21-10-20-9-7-8-18/h11-16H,7,9-10H2,1-6H3/t13-,14+,15?,16-,24?/m1/s1/i5D. The number of nitriles is 1. The van der Waals surface area contributed by atoms with Crippen molar-refractivity contribution in [3.8, 4) is 6.07 Å². The highest BCUT2D eigenvalue weighted by molar-refractivity contribution is 7.49. The van der Waals surface area contributed by atoms with Gasteiger partial charge in [-0.1, -0.05) is 0 Å². The van der Waals surface area contributed by atoms with Crippen LogP contribution in [0.1, 0.15) is 42.4 Å². The lowest BCUT2D eigenvalue weighted by molar-refractivity contribution is -0.111. The molecule has 0 bridgehead atoms. The quantitative estimate of drug-likeness (QED) is 0.259. The van der Waals surface area contributed by atoms with E-state index in [1.807, 2.05) is 6.07 Å². The summed E-state index contributed by atoms with van der Waals surface area (Å²) < 4.78 is 32.9. The van der Waals surface area contributed by atoms with Crippen molar-refractivity contribution >= 4 is 16.1 Å². The van der Waals surface area contributed by atoms with E-state index in [-0.39, 0.29) is 13.7 Å². The van der Waals surface area contributed by atoms with Crippen molar-refractivity contribution in [1.82, 2.24) is 4.67 Å². The Bertz CT molecular complexity index is 419. The highest BCUT2D eigenvalue weighted by atomic mass is 31.2. The van der Waals surface area contributed by atoms with E-state index in [0.29, 0.717) is 25.1 Å². The number of hydrogen-bond donors (Lipinski definition) is 0. The minimum atomic E-state index is -0.886. The molecule has 0 aromatic heterocycles. The number of ether oxygens (including phenoxy) is 3. The van der Waals surface area contributed by atoms with Gasteiger partial charge < -0.3 is 18.7 Å². The third-order valence-electron chi connectivity index (χ3n) is 3.71. The molecule has 0 amide bonds. The molecule has 8 heteroatoms. The van der Waals surface area contributed by atoms with Crippen molar-refractivity contribution in [3.05, 3.63) is 0 Å². The zero-order valence-electron chi connectivity index (χ0n) is 16.3. The first-order chi connectivity index (χ1) is 11.8. The van der Waals surface area contributed by atoms with Crippen LogP contribution in [0.4, 0.5) is 0 Å². The molecule has 5 atom stereocenters. The molecule has 24 heavy (non-hydrogen) atoms. The molecule has 0 aliphatic carbocycles. The van der Waals surface area contributed by atoms with Crippen molar-refractivity contribution in [2.24, 2.45) is 0 Å². The van der Waals surface area contributed by atoms with Crippen molar-refractivity contribution in [1.29, 1.82) is 5.26 Å². The average Bonchev–Trinajstić information content (AvgIpc) is 2.82. The van der Waals surface area contributed by atoms with E-state index in [2.05, 4.69) is 39.0 Å². The first-order valence-corrected chi connectivity index (χ1v) is 9.94. The van der Waals surface area contributed by atoms with Crippen molar-refractivity contribution < 1.29 is 20.1 Å². The highest BCUT2D eigenvalue weighted by Gasteiger charge is 2.43. The maximum absolute atomic E-state index is 8.51. The fourth-order valence-electron chi connectivity index (χ4n) is 2.85. The second-order valence-electron chi connectivity index (χ2n) is 6.31. The zero-order chi connectivity index (χ0) is 19.0. The summed E-state index contributed by atoms with van der Waals surface area (Å²) in [5.74, 6) is 0. The average molecular weight is 357 g/mol. The van der Waals surface area contributed by atoms with Gasteiger partial charge in [-0.05, 0) is 41.3 Å². The minimum Gasteiger partial charge on any atom is -0.379 e. The number of nitrogens with zero attached hydrogens (tertiary/aromatic N) is 2. The summed E-state index contributed by atoms with van der Waals surface area (Å²) in [4.78, 5) is 0. The van der Waals surface area contributed by atoms with E-state index in [0.717, 1.165) is 0 Å². The van der Waals surface area contributed by atoms with Gasteiger partial charge in [0.15, 0.2) is 0 Å². The van der Waals surface area contributed by atoms with Gasteiger partial charge >= 0.3 is 0 Å². The molecule has 0 saturated carbocycles. The highest BCUT2D eigenvalue weighted by Crippen LogP contribution is 2.45. The lowest BCUT2D eigenvalue weighted by Gasteiger charge is -2.37. The van der Waals surface area contributed by atoms with Crippen molar-refractivity contribution in [2.45, 2.75) is 77.4 Å². The van der Waals surface area contributed by atoms with Gasteiger partial charge in [0.05, 0.1) is 25.2 Å². The summed E-state index contributed by atoms with van der Waals surface area (Å²) >= 11 is 0. The van der Waals surface area contributed by atoms with E-state index < -0.39 is 32.6 Å².